The molecule has 2 aromatic carbocycles. The van der Waals surface area contributed by atoms with Crippen LogP contribution in [0.25, 0.3) is 16.3 Å². The van der Waals surface area contributed by atoms with E-state index in [0.29, 0.717) is 51.2 Å². The highest BCUT2D eigenvalue weighted by molar-refractivity contribution is 7.88. The molecule has 2 aliphatic rings. The predicted octanol–water partition coefficient (Wildman–Crippen LogP) is 6.35. The first-order valence-electron chi connectivity index (χ1n) is 15.4. The van der Waals surface area contributed by atoms with Crippen molar-refractivity contribution in [3.8, 4) is 28.1 Å². The van der Waals surface area contributed by atoms with Gasteiger partial charge in [0, 0.05) is 42.3 Å². The quantitative estimate of drug-likeness (QED) is 0.213. The van der Waals surface area contributed by atoms with Crippen molar-refractivity contribution in [3.05, 3.63) is 91.9 Å². The summed E-state index contributed by atoms with van der Waals surface area (Å²) >= 11 is 14.0. The number of sulfonamides is 1. The van der Waals surface area contributed by atoms with Gasteiger partial charge >= 0.3 is 6.18 Å². The van der Waals surface area contributed by atoms with Crippen LogP contribution in [0.2, 0.25) is 10.0 Å². The molecule has 6 rings (SSSR count). The van der Waals surface area contributed by atoms with Crippen LogP contribution in [0.1, 0.15) is 57.7 Å². The number of aromatic nitrogens is 2. The van der Waals surface area contributed by atoms with Gasteiger partial charge in [-0.2, -0.15) is 22.6 Å². The molecule has 0 bridgehead atoms. The summed E-state index contributed by atoms with van der Waals surface area (Å²) in [7, 11) is -4.04. The van der Waals surface area contributed by atoms with Crippen molar-refractivity contribution in [3.63, 3.8) is 0 Å². The molecule has 1 amide bonds. The summed E-state index contributed by atoms with van der Waals surface area (Å²) in [5.74, 6) is 4.65. The van der Waals surface area contributed by atoms with Gasteiger partial charge in [-0.3, -0.25) is 10.2 Å². The van der Waals surface area contributed by atoms with Crippen LogP contribution in [0.15, 0.2) is 54.6 Å². The predicted molar refractivity (Wildman–Crippen MR) is 182 cm³/mol. The topological polar surface area (TPSA) is 108 Å². The molecule has 4 aromatic rings. The van der Waals surface area contributed by atoms with E-state index in [4.69, 9.17) is 23.2 Å². The fourth-order valence-corrected chi connectivity index (χ4v) is 8.71. The maximum absolute atomic E-state index is 13.9. The number of rotatable bonds is 7. The lowest BCUT2D eigenvalue weighted by Gasteiger charge is -2.26. The Labute approximate surface area is 295 Å². The van der Waals surface area contributed by atoms with E-state index in [1.54, 1.807) is 29.3 Å². The average molecular weight is 753 g/mol. The zero-order valence-corrected chi connectivity index (χ0v) is 28.9. The number of halogens is 5. The van der Waals surface area contributed by atoms with E-state index in [2.05, 4.69) is 22.4 Å². The number of alkyl halides is 3. The zero-order valence-electron chi connectivity index (χ0n) is 25.8. The van der Waals surface area contributed by atoms with E-state index in [0.717, 1.165) is 31.4 Å². The maximum Gasteiger partial charge on any atom is 0.416 e. The third-order valence-corrected chi connectivity index (χ3v) is 11.5. The summed E-state index contributed by atoms with van der Waals surface area (Å²) in [5, 5.41) is 17.1. The number of piperidine rings is 1. The lowest BCUT2D eigenvalue weighted by Crippen LogP contribution is -2.45. The van der Waals surface area contributed by atoms with E-state index in [1.807, 2.05) is 0 Å². The Balaban J connectivity index is 1.46. The van der Waals surface area contributed by atoms with Gasteiger partial charge in [-0.05, 0) is 73.9 Å². The number of β-amino-alcohol motifs (C(OH)–C–C–N with tert-alkyl or cyclic N) is 1. The molecule has 2 saturated heterocycles. The van der Waals surface area contributed by atoms with Gasteiger partial charge in [-0.15, -0.1) is 11.3 Å². The van der Waals surface area contributed by atoms with E-state index in [1.165, 1.54) is 38.5 Å². The molecule has 0 aliphatic carbocycles. The van der Waals surface area contributed by atoms with Gasteiger partial charge in [0.2, 0.25) is 10.0 Å². The number of thiophene rings is 1. The summed E-state index contributed by atoms with van der Waals surface area (Å²) in [6, 6.07) is 12.6. The SMILES string of the molecule is O=C(NN1CCCCC1)c1nn(-c2ccc(Cl)cc2Cl)c(-c2ccc(C#Cc3ccc(C(F)(F)F)cc3)s2)c1CS(=O)(=O)N1CC[C@H](O)C1. The molecule has 2 aromatic heterocycles. The molecule has 2 N–H and O–H groups in total. The standard InChI is InChI=1S/C33H30Cl2F3N5O4S2/c34-23-9-12-28(27(35)18-23)43-31(29-13-11-25(48-29)10-6-21-4-7-22(8-5-21)33(36,37)38)26(20-49(46,47)42-17-14-24(44)19-42)30(39-43)32(45)40-41-15-2-1-3-16-41/h4-5,7-9,11-13,18,24,44H,1-3,14-17,19-20H2,(H,40,45)/t24-/m0/s1. The number of aliphatic hydroxyl groups excluding tert-OH is 1. The maximum atomic E-state index is 13.9. The molecule has 4 heterocycles. The van der Waals surface area contributed by atoms with Crippen molar-refractivity contribution in [1.29, 1.82) is 0 Å². The van der Waals surface area contributed by atoms with Crippen LogP contribution in [0.5, 0.6) is 0 Å². The fourth-order valence-electron chi connectivity index (χ4n) is 5.70. The molecule has 0 saturated carbocycles. The molecule has 0 spiro atoms. The van der Waals surface area contributed by atoms with E-state index >= 15 is 0 Å². The minimum absolute atomic E-state index is 0.0627. The van der Waals surface area contributed by atoms with Gasteiger partial charge < -0.3 is 5.11 Å². The first kappa shape index (κ1) is 35.4. The third kappa shape index (κ3) is 8.15. The molecular weight excluding hydrogens is 722 g/mol. The van der Waals surface area contributed by atoms with Gasteiger partial charge in [0.05, 0.1) is 43.6 Å². The number of carbonyl (C=O) groups is 1. The smallest absolute Gasteiger partial charge is 0.392 e. The second-order valence-corrected chi connectivity index (χ2v) is 15.6. The third-order valence-electron chi connectivity index (χ3n) is 8.18. The first-order chi connectivity index (χ1) is 23.3. The van der Waals surface area contributed by atoms with Crippen LogP contribution in [0.4, 0.5) is 13.2 Å². The monoisotopic (exact) mass is 751 g/mol. The molecule has 258 valence electrons. The number of nitrogens with one attached hydrogen (secondary N) is 1. The lowest BCUT2D eigenvalue weighted by molar-refractivity contribution is -0.137. The molecule has 0 unspecified atom stereocenters. The van der Waals surface area contributed by atoms with E-state index < -0.39 is 39.5 Å². The van der Waals surface area contributed by atoms with Gasteiger partial charge in [0.1, 0.15) is 0 Å². The number of hydrogen-bond donors (Lipinski definition) is 2. The molecule has 1 atom stereocenters. The lowest BCUT2D eigenvalue weighted by atomic mass is 10.1. The Hall–Kier alpha value is -3.42. The number of hydrazine groups is 1. The van der Waals surface area contributed by atoms with E-state index in [9.17, 15) is 31.5 Å². The van der Waals surface area contributed by atoms with Gasteiger partial charge in [0.15, 0.2) is 5.69 Å². The van der Waals surface area contributed by atoms with Crippen LogP contribution in [-0.2, 0) is 22.0 Å². The molecule has 0 radical (unpaired) electrons. The summed E-state index contributed by atoms with van der Waals surface area (Å²) in [6.45, 7) is 1.34. The molecule has 9 nitrogen and oxygen atoms in total. The zero-order chi connectivity index (χ0) is 34.9. The summed E-state index contributed by atoms with van der Waals surface area (Å²) in [5.41, 5.74) is 3.14. The van der Waals surface area contributed by atoms with Crippen molar-refractivity contribution < 1.29 is 31.5 Å². The summed E-state index contributed by atoms with van der Waals surface area (Å²) in [6.07, 6.45) is -2.15. The second-order valence-electron chi connectivity index (χ2n) is 11.7. The number of hydrogen-bond acceptors (Lipinski definition) is 7. The normalized spacial score (nSPS) is 17.6. The van der Waals surface area contributed by atoms with E-state index in [-0.39, 0.29) is 29.4 Å². The van der Waals surface area contributed by atoms with Crippen molar-refractivity contribution in [2.75, 3.05) is 26.2 Å². The van der Waals surface area contributed by atoms with Crippen molar-refractivity contribution in [2.24, 2.45) is 0 Å². The Kier molecular flexibility index (Phi) is 10.4. The summed E-state index contributed by atoms with van der Waals surface area (Å²) < 4.78 is 69.3. The highest BCUT2D eigenvalue weighted by Crippen LogP contribution is 2.38. The van der Waals surface area contributed by atoms with Crippen LogP contribution in [0.3, 0.4) is 0 Å². The highest BCUT2D eigenvalue weighted by Gasteiger charge is 2.36. The van der Waals surface area contributed by atoms with Gasteiger partial charge in [-0.25, -0.2) is 18.1 Å². The Morgan fingerprint density at radius 2 is 1.76 bits per heavy atom. The van der Waals surface area contributed by atoms with Crippen LogP contribution < -0.4 is 5.43 Å². The number of amides is 1. The minimum atomic E-state index is -4.46. The second kappa shape index (κ2) is 14.4. The summed E-state index contributed by atoms with van der Waals surface area (Å²) in [4.78, 5) is 14.9. The Bertz CT molecular complexity index is 2030. The Morgan fingerprint density at radius 1 is 1.02 bits per heavy atom. The minimum Gasteiger partial charge on any atom is -0.392 e. The highest BCUT2D eigenvalue weighted by atomic mass is 35.5. The largest absolute Gasteiger partial charge is 0.416 e. The van der Waals surface area contributed by atoms with Gasteiger partial charge in [-0.1, -0.05) is 41.5 Å². The van der Waals surface area contributed by atoms with Crippen LogP contribution >= 0.6 is 34.5 Å². The molecule has 49 heavy (non-hydrogen) atoms. The van der Waals surface area contributed by atoms with Crippen molar-refractivity contribution in [1.82, 2.24) is 24.5 Å². The van der Waals surface area contributed by atoms with Crippen molar-refractivity contribution >= 4 is 50.5 Å². The first-order valence-corrected chi connectivity index (χ1v) is 18.6. The Morgan fingerprint density at radius 3 is 2.41 bits per heavy atom. The number of benzene rings is 2. The number of aliphatic hydroxyl groups is 1. The average Bonchev–Trinajstić information content (AvgIpc) is 3.79. The molecule has 2 fully saturated rings. The van der Waals surface area contributed by atoms with Gasteiger partial charge in [0.25, 0.3) is 5.91 Å². The number of carbonyl (C=O) groups excluding carboxylic acids is 1. The molecular formula is C33H30Cl2F3N5O4S2. The molecule has 16 heteroatoms. The number of nitrogens with zero attached hydrogens (tertiary/aromatic N) is 4. The fraction of sp³-hybridized carbons (Fsp3) is 0.333. The van der Waals surface area contributed by atoms with Crippen LogP contribution in [-0.4, -0.2) is 70.8 Å². The van der Waals surface area contributed by atoms with Crippen molar-refractivity contribution in [2.45, 2.75) is 43.7 Å². The molecule has 2 aliphatic heterocycles. The van der Waals surface area contributed by atoms with Crippen LogP contribution in [0, 0.1) is 11.8 Å².